The Hall–Kier alpha value is -5.74. The average molecular weight is 607 g/mol. The lowest BCUT2D eigenvalue weighted by molar-refractivity contribution is 0.552. The third-order valence-electron chi connectivity index (χ3n) is 10.3. The van der Waals surface area contributed by atoms with Crippen molar-refractivity contribution in [3.8, 4) is 17.1 Å². The van der Waals surface area contributed by atoms with Gasteiger partial charge in [0.05, 0.1) is 22.1 Å². The number of aromatic nitrogens is 4. The molecule has 0 bridgehead atoms. The van der Waals surface area contributed by atoms with Crippen LogP contribution in [0.3, 0.4) is 0 Å². The Labute approximate surface area is 274 Å². The number of benzene rings is 5. The van der Waals surface area contributed by atoms with Crippen molar-refractivity contribution in [1.82, 2.24) is 19.1 Å². The molecule has 226 valence electrons. The smallest absolute Gasteiger partial charge is 0.139 e. The Kier molecular flexibility index (Phi) is 5.94. The maximum absolute atomic E-state index is 5.12. The van der Waals surface area contributed by atoms with Crippen molar-refractivity contribution < 1.29 is 0 Å². The Bertz CT molecular complexity index is 2410. The lowest BCUT2D eigenvalue weighted by Crippen LogP contribution is -2.42. The summed E-state index contributed by atoms with van der Waals surface area (Å²) in [5.74, 6) is 0.949. The lowest BCUT2D eigenvalue weighted by atomic mass is 9.55. The first-order valence-electron chi connectivity index (χ1n) is 16.2. The van der Waals surface area contributed by atoms with Crippen LogP contribution in [0.5, 0.6) is 0 Å². The Morgan fingerprint density at radius 1 is 0.553 bits per heavy atom. The van der Waals surface area contributed by atoms with E-state index in [0.717, 1.165) is 28.3 Å². The highest BCUT2D eigenvalue weighted by molar-refractivity contribution is 6.10. The lowest BCUT2D eigenvalue weighted by Gasteiger charge is -2.47. The topological polar surface area (TPSA) is 35.6 Å². The first-order valence-corrected chi connectivity index (χ1v) is 16.2. The molecule has 9 rings (SSSR count). The molecule has 3 heterocycles. The van der Waals surface area contributed by atoms with Gasteiger partial charge in [-0.25, -0.2) is 4.98 Å². The van der Waals surface area contributed by atoms with Gasteiger partial charge in [0.15, 0.2) is 0 Å². The summed E-state index contributed by atoms with van der Waals surface area (Å²) in [5, 5.41) is 2.45. The second kappa shape index (κ2) is 10.1. The molecule has 1 aliphatic rings. The molecule has 0 aliphatic heterocycles. The van der Waals surface area contributed by atoms with Crippen LogP contribution in [-0.4, -0.2) is 19.1 Å². The molecule has 0 spiro atoms. The minimum atomic E-state index is -0.614. The van der Waals surface area contributed by atoms with Crippen molar-refractivity contribution in [2.45, 2.75) is 24.7 Å². The quantitative estimate of drug-likeness (QED) is 0.200. The molecule has 0 fully saturated rings. The van der Waals surface area contributed by atoms with Gasteiger partial charge in [0.1, 0.15) is 5.82 Å². The molecule has 4 heteroatoms. The molecule has 0 saturated heterocycles. The van der Waals surface area contributed by atoms with Gasteiger partial charge in [-0.2, -0.15) is 0 Å². The van der Waals surface area contributed by atoms with Crippen LogP contribution in [0.1, 0.15) is 47.4 Å². The third kappa shape index (κ3) is 3.82. The van der Waals surface area contributed by atoms with Gasteiger partial charge in [-0.15, -0.1) is 0 Å². The molecule has 0 amide bonds. The van der Waals surface area contributed by atoms with Gasteiger partial charge in [-0.05, 0) is 64.2 Å². The summed E-state index contributed by atoms with van der Waals surface area (Å²) < 4.78 is 4.49. The monoisotopic (exact) mass is 606 g/mol. The molecule has 0 unspecified atom stereocenters. The highest BCUT2D eigenvalue weighted by atomic mass is 15.0. The fraction of sp³-hybridized carbons (Fsp3) is 0.116. The van der Waals surface area contributed by atoms with Crippen molar-refractivity contribution in [3.05, 3.63) is 186 Å². The third-order valence-corrected chi connectivity index (χ3v) is 10.3. The summed E-state index contributed by atoms with van der Waals surface area (Å²) in [6.07, 6.45) is 5.78. The zero-order valence-corrected chi connectivity index (χ0v) is 26.7. The zero-order valence-electron chi connectivity index (χ0n) is 26.7. The average Bonchev–Trinajstić information content (AvgIpc) is 3.70. The second-order valence-corrected chi connectivity index (χ2v) is 13.2. The molecule has 3 aromatic heterocycles. The second-order valence-electron chi connectivity index (χ2n) is 13.2. The zero-order chi connectivity index (χ0) is 31.8. The summed E-state index contributed by atoms with van der Waals surface area (Å²) in [6.45, 7) is 4.70. The minimum Gasteiger partial charge on any atom is -0.334 e. The molecular weight excluding hydrogens is 573 g/mol. The molecule has 1 aliphatic carbocycles. The molecule has 0 atom stereocenters. The number of hydrogen-bond donors (Lipinski definition) is 0. The number of aryl methyl sites for hydroxylation is 1. The SMILES string of the molecule is Cn1ccnc1-c1ccc2c3ccccc3n(-c3cccc(C4(c5ccccn5)c5ccccc5C(C)(C)c5ccccc54)c3)c2c1. The van der Waals surface area contributed by atoms with E-state index in [0.29, 0.717) is 0 Å². The number of rotatable bonds is 4. The van der Waals surface area contributed by atoms with Crippen LogP contribution in [0.25, 0.3) is 38.9 Å². The van der Waals surface area contributed by atoms with Gasteiger partial charge < -0.3 is 9.13 Å². The van der Waals surface area contributed by atoms with E-state index >= 15 is 0 Å². The molecule has 5 aromatic carbocycles. The van der Waals surface area contributed by atoms with Gasteiger partial charge in [-0.3, -0.25) is 4.98 Å². The molecule has 8 aromatic rings. The van der Waals surface area contributed by atoms with Crippen molar-refractivity contribution in [2.24, 2.45) is 7.05 Å². The van der Waals surface area contributed by atoms with Crippen LogP contribution in [0, 0.1) is 0 Å². The van der Waals surface area contributed by atoms with E-state index in [2.05, 4.69) is 155 Å². The van der Waals surface area contributed by atoms with Crippen molar-refractivity contribution >= 4 is 21.8 Å². The summed E-state index contributed by atoms with van der Waals surface area (Å²) >= 11 is 0. The van der Waals surface area contributed by atoms with Crippen LogP contribution >= 0.6 is 0 Å². The number of nitrogens with zero attached hydrogens (tertiary/aromatic N) is 4. The molecule has 0 radical (unpaired) electrons. The van der Waals surface area contributed by atoms with E-state index in [1.807, 2.05) is 31.7 Å². The summed E-state index contributed by atoms with van der Waals surface area (Å²) in [6, 6.07) is 48.8. The highest BCUT2D eigenvalue weighted by Crippen LogP contribution is 2.55. The first kappa shape index (κ1) is 27.6. The first-order chi connectivity index (χ1) is 23.0. The van der Waals surface area contributed by atoms with Crippen LogP contribution in [0.2, 0.25) is 0 Å². The number of hydrogen-bond acceptors (Lipinski definition) is 2. The fourth-order valence-electron chi connectivity index (χ4n) is 8.23. The summed E-state index contributed by atoms with van der Waals surface area (Å²) in [5.41, 5.74) is 11.2. The van der Waals surface area contributed by atoms with Crippen molar-refractivity contribution in [2.75, 3.05) is 0 Å². The predicted molar refractivity (Wildman–Crippen MR) is 191 cm³/mol. The molecular formula is C43H34N4. The maximum Gasteiger partial charge on any atom is 0.139 e. The Balaban J connectivity index is 1.38. The van der Waals surface area contributed by atoms with E-state index in [1.54, 1.807) is 0 Å². The fourth-order valence-corrected chi connectivity index (χ4v) is 8.23. The van der Waals surface area contributed by atoms with Gasteiger partial charge >= 0.3 is 0 Å². The van der Waals surface area contributed by atoms with Gasteiger partial charge in [0, 0.05) is 53.1 Å². The number of imidazole rings is 1. The van der Waals surface area contributed by atoms with Crippen LogP contribution in [0.15, 0.2) is 152 Å². The van der Waals surface area contributed by atoms with E-state index in [4.69, 9.17) is 4.98 Å². The normalized spacial score (nSPS) is 14.6. The van der Waals surface area contributed by atoms with Gasteiger partial charge in [0.2, 0.25) is 0 Å². The molecule has 4 nitrogen and oxygen atoms in total. The predicted octanol–water partition coefficient (Wildman–Crippen LogP) is 9.60. The molecule has 0 saturated carbocycles. The number of para-hydroxylation sites is 1. The van der Waals surface area contributed by atoms with Gasteiger partial charge in [-0.1, -0.05) is 111 Å². The molecule has 0 N–H and O–H groups in total. The minimum absolute atomic E-state index is 0.169. The van der Waals surface area contributed by atoms with Crippen LogP contribution in [-0.2, 0) is 17.9 Å². The Morgan fingerprint density at radius 3 is 1.94 bits per heavy atom. The van der Waals surface area contributed by atoms with E-state index < -0.39 is 5.41 Å². The van der Waals surface area contributed by atoms with E-state index in [-0.39, 0.29) is 5.41 Å². The van der Waals surface area contributed by atoms with Crippen molar-refractivity contribution in [1.29, 1.82) is 0 Å². The summed E-state index contributed by atoms with van der Waals surface area (Å²) in [4.78, 5) is 9.79. The standard InChI is InChI=1S/C43H34N4/c1-42(2)34-16-5-7-18-36(34)43(40-21-10-11-24-44-40,37-19-8-6-17-35(37)42)30-13-12-14-31(28-30)47-38-20-9-4-15-32(38)33-23-22-29(27-39(33)47)41-45-25-26-46(41)3/h4-28H,1-3H3. The van der Waals surface area contributed by atoms with Crippen LogP contribution < -0.4 is 0 Å². The van der Waals surface area contributed by atoms with E-state index in [9.17, 15) is 0 Å². The Morgan fingerprint density at radius 2 is 1.23 bits per heavy atom. The number of pyridine rings is 1. The van der Waals surface area contributed by atoms with Gasteiger partial charge in [0.25, 0.3) is 0 Å². The number of fused-ring (bicyclic) bond motifs is 5. The molecule has 47 heavy (non-hydrogen) atoms. The highest BCUT2D eigenvalue weighted by Gasteiger charge is 2.49. The largest absolute Gasteiger partial charge is 0.334 e. The maximum atomic E-state index is 5.12. The van der Waals surface area contributed by atoms with E-state index in [1.165, 1.54) is 44.1 Å². The van der Waals surface area contributed by atoms with Crippen molar-refractivity contribution in [3.63, 3.8) is 0 Å². The van der Waals surface area contributed by atoms with Crippen LogP contribution in [0.4, 0.5) is 0 Å². The summed E-state index contributed by atoms with van der Waals surface area (Å²) in [7, 11) is 2.05.